The maximum absolute atomic E-state index is 12.2. The van der Waals surface area contributed by atoms with Crippen LogP contribution in [0.4, 0.5) is 0 Å². The van der Waals surface area contributed by atoms with E-state index in [1.54, 1.807) is 20.8 Å². The molecule has 0 aromatic carbocycles. The summed E-state index contributed by atoms with van der Waals surface area (Å²) < 4.78 is 17.0. The summed E-state index contributed by atoms with van der Waals surface area (Å²) in [7, 11) is 0. The number of hydrogen-bond donors (Lipinski definition) is 1. The lowest BCUT2D eigenvalue weighted by atomic mass is 9.81. The number of allylic oxidation sites excluding steroid dienone is 2. The monoisotopic (exact) mass is 362 g/mol. The van der Waals surface area contributed by atoms with Crippen LogP contribution in [0.25, 0.3) is 0 Å². The lowest BCUT2D eigenvalue weighted by molar-refractivity contribution is -0.153. The molecule has 26 heavy (non-hydrogen) atoms. The molecule has 3 aliphatic rings. The summed E-state index contributed by atoms with van der Waals surface area (Å²) in [5.41, 5.74) is 1.29. The quantitative estimate of drug-likeness (QED) is 0.351. The molecule has 0 spiro atoms. The zero-order valence-corrected chi connectivity index (χ0v) is 15.7. The van der Waals surface area contributed by atoms with Crippen molar-refractivity contribution >= 4 is 11.9 Å². The molecular formula is C20H26O6. The van der Waals surface area contributed by atoms with Gasteiger partial charge in [-0.05, 0) is 46.1 Å². The SMILES string of the molecule is C=C1C(=O)O[C@H]2[C@H]1[C@@H](OC(=O)C=C(C)C)[C@H](O)/C(C)=C\CC[C@@]1(C)O[C@H]21. The van der Waals surface area contributed by atoms with E-state index in [1.807, 2.05) is 13.0 Å². The Morgan fingerprint density at radius 3 is 2.81 bits per heavy atom. The Bertz CT molecular complexity index is 701. The fourth-order valence-electron chi connectivity index (χ4n) is 3.82. The Hall–Kier alpha value is -1.92. The summed E-state index contributed by atoms with van der Waals surface area (Å²) >= 11 is 0. The topological polar surface area (TPSA) is 85.4 Å². The van der Waals surface area contributed by atoms with Gasteiger partial charge in [-0.2, -0.15) is 0 Å². The minimum absolute atomic E-state index is 0.204. The van der Waals surface area contributed by atoms with Crippen LogP contribution in [0.1, 0.15) is 40.5 Å². The van der Waals surface area contributed by atoms with Gasteiger partial charge in [0.15, 0.2) is 0 Å². The fourth-order valence-corrected chi connectivity index (χ4v) is 3.82. The van der Waals surface area contributed by atoms with E-state index in [-0.39, 0.29) is 17.3 Å². The molecule has 1 N–H and O–H groups in total. The molecule has 0 unspecified atom stereocenters. The first-order valence-electron chi connectivity index (χ1n) is 8.92. The zero-order chi connectivity index (χ0) is 19.2. The Kier molecular flexibility index (Phi) is 4.84. The van der Waals surface area contributed by atoms with E-state index in [0.717, 1.165) is 18.4 Å². The summed E-state index contributed by atoms with van der Waals surface area (Å²) in [6.45, 7) is 11.2. The lowest BCUT2D eigenvalue weighted by Crippen LogP contribution is -2.45. The molecule has 1 aliphatic carbocycles. The molecule has 0 aromatic rings. The van der Waals surface area contributed by atoms with Crippen LogP contribution in [-0.2, 0) is 23.8 Å². The van der Waals surface area contributed by atoms with Gasteiger partial charge in [0.05, 0.1) is 11.5 Å². The second-order valence-electron chi connectivity index (χ2n) is 7.83. The highest BCUT2D eigenvalue weighted by Crippen LogP contribution is 2.50. The van der Waals surface area contributed by atoms with E-state index in [0.29, 0.717) is 5.57 Å². The number of esters is 2. The third kappa shape index (κ3) is 3.35. The number of rotatable bonds is 2. The fraction of sp³-hybridized carbons (Fsp3) is 0.600. The summed E-state index contributed by atoms with van der Waals surface area (Å²) in [6, 6.07) is 0. The molecule has 142 valence electrons. The van der Waals surface area contributed by atoms with Crippen LogP contribution < -0.4 is 0 Å². The van der Waals surface area contributed by atoms with Crippen LogP contribution in [0.3, 0.4) is 0 Å². The van der Waals surface area contributed by atoms with Gasteiger partial charge in [0.1, 0.15) is 24.4 Å². The number of carbonyl (C=O) groups excluding carboxylic acids is 2. The highest BCUT2D eigenvalue weighted by Gasteiger charge is 2.64. The van der Waals surface area contributed by atoms with Gasteiger partial charge in [0, 0.05) is 11.6 Å². The normalized spacial score (nSPS) is 41.1. The third-order valence-electron chi connectivity index (χ3n) is 5.40. The average Bonchev–Trinajstić information content (AvgIpc) is 3.12. The van der Waals surface area contributed by atoms with Crippen LogP contribution in [0.5, 0.6) is 0 Å². The predicted molar refractivity (Wildman–Crippen MR) is 94.1 cm³/mol. The van der Waals surface area contributed by atoms with Crippen molar-refractivity contribution in [3.05, 3.63) is 35.5 Å². The third-order valence-corrected chi connectivity index (χ3v) is 5.40. The maximum atomic E-state index is 12.2. The molecule has 2 saturated heterocycles. The van der Waals surface area contributed by atoms with E-state index >= 15 is 0 Å². The summed E-state index contributed by atoms with van der Waals surface area (Å²) in [5, 5.41) is 10.8. The van der Waals surface area contributed by atoms with Crippen molar-refractivity contribution in [1.82, 2.24) is 0 Å². The van der Waals surface area contributed by atoms with Crippen molar-refractivity contribution < 1.29 is 28.9 Å². The molecule has 0 aromatic heterocycles. The predicted octanol–water partition coefficient (Wildman–Crippen LogP) is 2.22. The molecule has 0 amide bonds. The number of carbonyl (C=O) groups is 2. The van der Waals surface area contributed by atoms with Gasteiger partial charge in [-0.15, -0.1) is 0 Å². The van der Waals surface area contributed by atoms with Crippen molar-refractivity contribution in [3.63, 3.8) is 0 Å². The zero-order valence-electron chi connectivity index (χ0n) is 15.7. The summed E-state index contributed by atoms with van der Waals surface area (Å²) in [4.78, 5) is 24.4. The standard InChI is InChI=1S/C20H26O6/c1-10(2)9-13(21)24-16-14-12(4)19(23)25-17(14)18-20(5,26-18)8-6-7-11(3)15(16)22/h7,9,14-18,22H,4,6,8H2,1-3,5H3/b11-7-/t14-,15-,16-,17+,18-,20-/m1/s1. The maximum Gasteiger partial charge on any atom is 0.334 e. The van der Waals surface area contributed by atoms with E-state index in [9.17, 15) is 14.7 Å². The van der Waals surface area contributed by atoms with Gasteiger partial charge < -0.3 is 19.3 Å². The highest BCUT2D eigenvalue weighted by atomic mass is 16.6. The van der Waals surface area contributed by atoms with Gasteiger partial charge in [-0.3, -0.25) is 0 Å². The Morgan fingerprint density at radius 1 is 1.46 bits per heavy atom. The smallest absolute Gasteiger partial charge is 0.334 e. The molecule has 0 bridgehead atoms. The average molecular weight is 362 g/mol. The molecule has 2 heterocycles. The number of epoxide rings is 1. The minimum atomic E-state index is -1.05. The van der Waals surface area contributed by atoms with E-state index in [1.165, 1.54) is 6.08 Å². The van der Waals surface area contributed by atoms with Crippen LogP contribution in [0.2, 0.25) is 0 Å². The Labute approximate surface area is 153 Å². The van der Waals surface area contributed by atoms with Crippen LogP contribution in [-0.4, -0.2) is 47.1 Å². The van der Waals surface area contributed by atoms with Crippen molar-refractivity contribution in [2.75, 3.05) is 0 Å². The molecule has 6 heteroatoms. The van der Waals surface area contributed by atoms with Gasteiger partial charge in [0.25, 0.3) is 0 Å². The van der Waals surface area contributed by atoms with Crippen LogP contribution >= 0.6 is 0 Å². The molecular weight excluding hydrogens is 336 g/mol. The first-order chi connectivity index (χ1) is 12.1. The second-order valence-corrected chi connectivity index (χ2v) is 7.83. The van der Waals surface area contributed by atoms with Gasteiger partial charge >= 0.3 is 11.9 Å². The van der Waals surface area contributed by atoms with Crippen molar-refractivity contribution in [2.45, 2.75) is 70.6 Å². The lowest BCUT2D eigenvalue weighted by Gasteiger charge is -2.31. The molecule has 6 nitrogen and oxygen atoms in total. The van der Waals surface area contributed by atoms with Crippen molar-refractivity contribution in [3.8, 4) is 0 Å². The largest absolute Gasteiger partial charge is 0.455 e. The van der Waals surface area contributed by atoms with E-state index < -0.39 is 36.2 Å². The Morgan fingerprint density at radius 2 is 2.15 bits per heavy atom. The van der Waals surface area contributed by atoms with E-state index in [4.69, 9.17) is 14.2 Å². The number of aliphatic hydroxyl groups is 1. The summed E-state index contributed by atoms with van der Waals surface area (Å²) in [5.74, 6) is -1.75. The van der Waals surface area contributed by atoms with Gasteiger partial charge in [-0.1, -0.05) is 18.2 Å². The minimum Gasteiger partial charge on any atom is -0.455 e. The highest BCUT2D eigenvalue weighted by molar-refractivity contribution is 5.91. The number of hydrogen-bond acceptors (Lipinski definition) is 6. The van der Waals surface area contributed by atoms with E-state index in [2.05, 4.69) is 6.58 Å². The molecule has 3 rings (SSSR count). The molecule has 0 radical (unpaired) electrons. The first kappa shape index (κ1) is 18.9. The number of aliphatic hydroxyl groups excluding tert-OH is 1. The van der Waals surface area contributed by atoms with Crippen molar-refractivity contribution in [1.29, 1.82) is 0 Å². The molecule has 0 saturated carbocycles. The second kappa shape index (κ2) is 6.67. The van der Waals surface area contributed by atoms with Crippen molar-refractivity contribution in [2.24, 2.45) is 5.92 Å². The number of fused-ring (bicyclic) bond motifs is 3. The van der Waals surface area contributed by atoms with Gasteiger partial charge in [-0.25, -0.2) is 9.59 Å². The molecule has 6 atom stereocenters. The number of ether oxygens (including phenoxy) is 3. The van der Waals surface area contributed by atoms with Gasteiger partial charge in [0.2, 0.25) is 0 Å². The molecule has 2 fully saturated rings. The van der Waals surface area contributed by atoms with Crippen LogP contribution in [0, 0.1) is 5.92 Å². The summed E-state index contributed by atoms with van der Waals surface area (Å²) in [6.07, 6.45) is 1.84. The first-order valence-corrected chi connectivity index (χ1v) is 8.92. The van der Waals surface area contributed by atoms with Crippen LogP contribution in [0.15, 0.2) is 35.5 Å². The Balaban J connectivity index is 1.99. The molecule has 2 aliphatic heterocycles.